The predicted octanol–water partition coefficient (Wildman–Crippen LogP) is 4.97. The Kier molecular flexibility index (Phi) is 2.79. The van der Waals surface area contributed by atoms with E-state index in [0.29, 0.717) is 23.0 Å². The van der Waals surface area contributed by atoms with Crippen LogP contribution in [0.3, 0.4) is 0 Å². The van der Waals surface area contributed by atoms with Gasteiger partial charge in [-0.15, -0.1) is 13.2 Å². The molecule has 0 amide bonds. The van der Waals surface area contributed by atoms with E-state index >= 15 is 0 Å². The molecular weight excluding hydrogens is 291 g/mol. The van der Waals surface area contributed by atoms with Crippen molar-refractivity contribution in [1.29, 1.82) is 0 Å². The van der Waals surface area contributed by atoms with Crippen LogP contribution >= 0.6 is 0 Å². The van der Waals surface area contributed by atoms with Gasteiger partial charge in [0.15, 0.2) is 0 Å². The molecule has 22 heavy (non-hydrogen) atoms. The molecule has 0 saturated heterocycles. The minimum absolute atomic E-state index is 0.200. The van der Waals surface area contributed by atoms with E-state index in [4.69, 9.17) is 0 Å². The van der Waals surface area contributed by atoms with E-state index in [0.717, 1.165) is 5.69 Å². The number of ether oxygens (including phenoxy) is 1. The van der Waals surface area contributed by atoms with E-state index in [1.165, 1.54) is 24.3 Å². The summed E-state index contributed by atoms with van der Waals surface area (Å²) in [6, 6.07) is 13.4. The van der Waals surface area contributed by atoms with Crippen LogP contribution in [0.5, 0.6) is 5.75 Å². The molecule has 2 fully saturated rings. The van der Waals surface area contributed by atoms with E-state index in [1.54, 1.807) is 30.3 Å². The van der Waals surface area contributed by atoms with Crippen molar-refractivity contribution < 1.29 is 17.9 Å². The number of benzene rings is 2. The van der Waals surface area contributed by atoms with E-state index in [9.17, 15) is 13.2 Å². The normalized spacial score (nSPS) is 22.0. The SMILES string of the molecule is FC(F)(F)Oc1ccccc1-c1cccc(N=C2C3CC23)c1. The van der Waals surface area contributed by atoms with Gasteiger partial charge < -0.3 is 4.74 Å². The summed E-state index contributed by atoms with van der Waals surface area (Å²) in [7, 11) is 0. The van der Waals surface area contributed by atoms with E-state index in [-0.39, 0.29) is 5.75 Å². The first-order valence-corrected chi connectivity index (χ1v) is 7.05. The first-order valence-electron chi connectivity index (χ1n) is 7.05. The lowest BCUT2D eigenvalue weighted by Crippen LogP contribution is -2.17. The van der Waals surface area contributed by atoms with Crippen LogP contribution in [0.4, 0.5) is 18.9 Å². The lowest BCUT2D eigenvalue weighted by Gasteiger charge is -2.13. The molecule has 0 bridgehead atoms. The van der Waals surface area contributed by atoms with Gasteiger partial charge in [-0.1, -0.05) is 30.3 Å². The van der Waals surface area contributed by atoms with Gasteiger partial charge in [0.05, 0.1) is 5.69 Å². The monoisotopic (exact) mass is 303 g/mol. The molecule has 0 aliphatic heterocycles. The molecule has 0 heterocycles. The van der Waals surface area contributed by atoms with Crippen LogP contribution in [-0.4, -0.2) is 12.1 Å². The number of hydrogen-bond donors (Lipinski definition) is 0. The van der Waals surface area contributed by atoms with E-state index in [1.807, 2.05) is 6.07 Å². The van der Waals surface area contributed by atoms with Gasteiger partial charge in [-0.3, -0.25) is 4.99 Å². The second-order valence-electron chi connectivity index (χ2n) is 5.58. The number of halogens is 3. The number of nitrogens with zero attached hydrogens (tertiary/aromatic N) is 1. The summed E-state index contributed by atoms with van der Waals surface area (Å²) < 4.78 is 41.6. The fraction of sp³-hybridized carbons (Fsp3) is 0.235. The zero-order chi connectivity index (χ0) is 15.3. The summed E-state index contributed by atoms with van der Waals surface area (Å²) in [5, 5.41) is 0. The Bertz CT molecular complexity index is 756. The average Bonchev–Trinajstić information content (AvgIpc) is 3.35. The van der Waals surface area contributed by atoms with Crippen molar-refractivity contribution in [3.8, 4) is 16.9 Å². The molecule has 2 nitrogen and oxygen atoms in total. The maximum atomic E-state index is 12.5. The summed E-state index contributed by atoms with van der Waals surface area (Å²) >= 11 is 0. The van der Waals surface area contributed by atoms with Gasteiger partial charge >= 0.3 is 6.36 Å². The predicted molar refractivity (Wildman–Crippen MR) is 77.3 cm³/mol. The largest absolute Gasteiger partial charge is 0.573 e. The van der Waals surface area contributed by atoms with Gasteiger partial charge in [0.25, 0.3) is 0 Å². The molecule has 5 heteroatoms. The zero-order valence-corrected chi connectivity index (χ0v) is 11.5. The Morgan fingerprint density at radius 3 is 2.45 bits per heavy atom. The fourth-order valence-electron chi connectivity index (χ4n) is 2.61. The maximum Gasteiger partial charge on any atom is 0.573 e. The van der Waals surface area contributed by atoms with Crippen molar-refractivity contribution in [2.45, 2.75) is 12.8 Å². The quantitative estimate of drug-likeness (QED) is 0.784. The molecule has 112 valence electrons. The molecule has 2 aliphatic carbocycles. The molecule has 0 aromatic heterocycles. The zero-order valence-electron chi connectivity index (χ0n) is 11.5. The molecule has 0 spiro atoms. The van der Waals surface area contributed by atoms with Crippen LogP contribution in [0.2, 0.25) is 0 Å². The van der Waals surface area contributed by atoms with Gasteiger partial charge in [0.1, 0.15) is 5.75 Å². The van der Waals surface area contributed by atoms with E-state index < -0.39 is 6.36 Å². The molecule has 2 saturated carbocycles. The second kappa shape index (κ2) is 4.60. The third-order valence-electron chi connectivity index (χ3n) is 3.97. The van der Waals surface area contributed by atoms with Crippen LogP contribution in [-0.2, 0) is 0 Å². The number of fused-ring (bicyclic) bond motifs is 1. The van der Waals surface area contributed by atoms with Crippen LogP contribution in [0.15, 0.2) is 53.5 Å². The standard InChI is InChI=1S/C17H12F3NO/c18-17(19,20)22-15-7-2-1-6-12(15)10-4-3-5-11(8-10)21-16-13-9-14(13)16/h1-8,13-14H,9H2. The number of rotatable bonds is 3. The first-order chi connectivity index (χ1) is 10.5. The average molecular weight is 303 g/mol. The first kappa shape index (κ1) is 13.4. The Hall–Kier alpha value is -2.30. The van der Waals surface area contributed by atoms with Gasteiger partial charge in [-0.05, 0) is 30.2 Å². The third kappa shape index (κ3) is 2.58. The third-order valence-corrected chi connectivity index (χ3v) is 3.97. The summed E-state index contributed by atoms with van der Waals surface area (Å²) in [6.45, 7) is 0. The molecule has 2 unspecified atom stereocenters. The van der Waals surface area contributed by atoms with Crippen LogP contribution in [0.25, 0.3) is 11.1 Å². The number of para-hydroxylation sites is 1. The highest BCUT2D eigenvalue weighted by molar-refractivity contribution is 6.12. The van der Waals surface area contributed by atoms with Gasteiger partial charge in [-0.25, -0.2) is 0 Å². The van der Waals surface area contributed by atoms with Crippen molar-refractivity contribution in [3.05, 3.63) is 48.5 Å². The summed E-state index contributed by atoms with van der Waals surface area (Å²) in [4.78, 5) is 4.55. The van der Waals surface area contributed by atoms with Gasteiger partial charge in [0.2, 0.25) is 0 Å². The second-order valence-corrected chi connectivity index (χ2v) is 5.58. The Labute approximate surface area is 125 Å². The summed E-state index contributed by atoms with van der Waals surface area (Å²) in [5.41, 5.74) is 3.07. The maximum absolute atomic E-state index is 12.5. The minimum Gasteiger partial charge on any atom is -0.405 e. The molecule has 2 aliphatic rings. The van der Waals surface area contributed by atoms with Gasteiger partial charge in [0, 0.05) is 23.1 Å². The highest BCUT2D eigenvalue weighted by atomic mass is 19.4. The minimum atomic E-state index is -4.71. The lowest BCUT2D eigenvalue weighted by atomic mass is 10.0. The lowest BCUT2D eigenvalue weighted by molar-refractivity contribution is -0.274. The molecule has 0 N–H and O–H groups in total. The van der Waals surface area contributed by atoms with Gasteiger partial charge in [-0.2, -0.15) is 0 Å². The summed E-state index contributed by atoms with van der Waals surface area (Å²) in [6.07, 6.45) is -3.47. The molecular formula is C17H12F3NO. The topological polar surface area (TPSA) is 21.6 Å². The molecule has 2 aromatic rings. The van der Waals surface area contributed by atoms with Crippen LogP contribution in [0, 0.1) is 11.8 Å². The highest BCUT2D eigenvalue weighted by Crippen LogP contribution is 2.60. The van der Waals surface area contributed by atoms with Crippen LogP contribution in [0.1, 0.15) is 6.42 Å². The Morgan fingerprint density at radius 1 is 1.00 bits per heavy atom. The fourth-order valence-corrected chi connectivity index (χ4v) is 2.61. The Balaban J connectivity index is 1.68. The molecule has 2 aromatic carbocycles. The van der Waals surface area contributed by atoms with Crippen LogP contribution < -0.4 is 4.74 Å². The van der Waals surface area contributed by atoms with Crippen molar-refractivity contribution >= 4 is 11.4 Å². The van der Waals surface area contributed by atoms with Crippen molar-refractivity contribution in [3.63, 3.8) is 0 Å². The van der Waals surface area contributed by atoms with E-state index in [2.05, 4.69) is 9.73 Å². The van der Waals surface area contributed by atoms with Crippen molar-refractivity contribution in [2.24, 2.45) is 16.8 Å². The smallest absolute Gasteiger partial charge is 0.405 e. The number of alkyl halides is 3. The highest BCUT2D eigenvalue weighted by Gasteiger charge is 2.61. The van der Waals surface area contributed by atoms with Crippen molar-refractivity contribution in [2.75, 3.05) is 0 Å². The number of aliphatic imine (C=N–C) groups is 1. The molecule has 4 rings (SSSR count). The molecule has 0 radical (unpaired) electrons. The van der Waals surface area contributed by atoms with Crippen molar-refractivity contribution in [1.82, 2.24) is 0 Å². The molecule has 2 atom stereocenters. The number of hydrogen-bond acceptors (Lipinski definition) is 2. The Morgan fingerprint density at radius 2 is 1.77 bits per heavy atom. The summed E-state index contributed by atoms with van der Waals surface area (Å²) in [5.74, 6) is 1.14.